The first kappa shape index (κ1) is 28.3. The Hall–Kier alpha value is -3.84. The van der Waals surface area contributed by atoms with Crippen LogP contribution >= 0.6 is 23.2 Å². The van der Waals surface area contributed by atoms with Crippen molar-refractivity contribution in [2.45, 2.75) is 42.8 Å². The molecule has 0 aliphatic carbocycles. The van der Waals surface area contributed by atoms with E-state index < -0.39 is 33.5 Å². The first-order chi connectivity index (χ1) is 20.0. The molecule has 0 saturated carbocycles. The molecular weight excluding hydrogens is 603 g/mol. The number of hydrogen-bond acceptors (Lipinski definition) is 7. The van der Waals surface area contributed by atoms with E-state index in [0.29, 0.717) is 12.1 Å². The topological polar surface area (TPSA) is 139 Å². The van der Waals surface area contributed by atoms with E-state index in [1.54, 1.807) is 31.5 Å². The van der Waals surface area contributed by atoms with Gasteiger partial charge in [-0.15, -0.1) is 0 Å². The molecule has 1 fully saturated rings. The fourth-order valence-corrected chi connectivity index (χ4v) is 8.02. The lowest BCUT2D eigenvalue weighted by Crippen LogP contribution is -2.45. The Morgan fingerprint density at radius 1 is 1.05 bits per heavy atom. The quantitative estimate of drug-likeness (QED) is 0.316. The minimum absolute atomic E-state index is 0.0444. The first-order valence-electron chi connectivity index (χ1n) is 13.0. The fourth-order valence-electron chi connectivity index (χ4n) is 5.67. The van der Waals surface area contributed by atoms with E-state index in [0.717, 1.165) is 21.0 Å². The lowest BCUT2D eigenvalue weighted by Gasteiger charge is -2.28. The van der Waals surface area contributed by atoms with Crippen LogP contribution in [0.25, 0.3) is 11.1 Å². The number of imidazole rings is 1. The van der Waals surface area contributed by atoms with E-state index in [-0.39, 0.29) is 40.4 Å². The number of fused-ring (bicyclic) bond motifs is 1. The molecule has 0 unspecified atom stereocenters. The van der Waals surface area contributed by atoms with Crippen molar-refractivity contribution in [3.8, 4) is 11.1 Å². The average Bonchev–Trinajstić information content (AvgIpc) is 3.67. The number of amides is 1. The SMILES string of the molecule is C[C@@]1(Cc2ccc(-c3cncnc3)cc2)C(=O)N(c2cc(Cl)cc(Cl)c2)c2ncc(S(=O)(=O)N3CCC[C@H]3C(=O)O)n21. The number of halogens is 2. The molecule has 4 heterocycles. The van der Waals surface area contributed by atoms with Crippen LogP contribution in [0.3, 0.4) is 0 Å². The zero-order valence-electron chi connectivity index (χ0n) is 22.2. The molecule has 14 heteroatoms. The van der Waals surface area contributed by atoms with Crippen molar-refractivity contribution in [2.75, 3.05) is 11.4 Å². The molecule has 1 saturated heterocycles. The second-order valence-corrected chi connectivity index (χ2v) is 13.1. The van der Waals surface area contributed by atoms with Crippen LogP contribution in [0.5, 0.6) is 0 Å². The zero-order chi connectivity index (χ0) is 29.8. The highest BCUT2D eigenvalue weighted by Crippen LogP contribution is 2.45. The summed E-state index contributed by atoms with van der Waals surface area (Å²) >= 11 is 12.5. The first-order valence-corrected chi connectivity index (χ1v) is 15.2. The summed E-state index contributed by atoms with van der Waals surface area (Å²) in [5.74, 6) is -1.61. The van der Waals surface area contributed by atoms with Gasteiger partial charge in [-0.1, -0.05) is 47.5 Å². The van der Waals surface area contributed by atoms with E-state index in [1.807, 2.05) is 24.3 Å². The summed E-state index contributed by atoms with van der Waals surface area (Å²) in [6, 6.07) is 10.9. The van der Waals surface area contributed by atoms with E-state index in [9.17, 15) is 23.1 Å². The second-order valence-electron chi connectivity index (χ2n) is 10.4. The van der Waals surface area contributed by atoms with Crippen molar-refractivity contribution >= 4 is 56.7 Å². The highest BCUT2D eigenvalue weighted by Gasteiger charge is 2.53. The lowest BCUT2D eigenvalue weighted by atomic mass is 9.91. The second kappa shape index (κ2) is 10.5. The number of aromatic nitrogens is 4. The van der Waals surface area contributed by atoms with Gasteiger partial charge >= 0.3 is 5.97 Å². The number of aliphatic carboxylic acids is 1. The van der Waals surface area contributed by atoms with Crippen molar-refractivity contribution in [1.29, 1.82) is 0 Å². The van der Waals surface area contributed by atoms with Gasteiger partial charge in [-0.3, -0.25) is 14.2 Å². The number of benzene rings is 2. The van der Waals surface area contributed by atoms with Crippen molar-refractivity contribution < 1.29 is 23.1 Å². The van der Waals surface area contributed by atoms with Gasteiger partial charge in [-0.05, 0) is 49.1 Å². The molecule has 2 atom stereocenters. The molecule has 1 N–H and O–H groups in total. The summed E-state index contributed by atoms with van der Waals surface area (Å²) in [4.78, 5) is 40.0. The van der Waals surface area contributed by atoms with E-state index in [1.165, 1.54) is 28.1 Å². The molecule has 216 valence electrons. The third-order valence-electron chi connectivity index (χ3n) is 7.63. The molecule has 2 aliphatic rings. The molecule has 1 amide bonds. The molecule has 11 nitrogen and oxygen atoms in total. The van der Waals surface area contributed by atoms with Gasteiger partial charge in [0.05, 0.1) is 11.9 Å². The number of anilines is 2. The maximum absolute atomic E-state index is 14.3. The summed E-state index contributed by atoms with van der Waals surface area (Å²) in [5, 5.41) is 10.0. The van der Waals surface area contributed by atoms with Crippen LogP contribution in [0, 0.1) is 0 Å². The highest BCUT2D eigenvalue weighted by molar-refractivity contribution is 7.89. The Morgan fingerprint density at radius 2 is 1.71 bits per heavy atom. The Morgan fingerprint density at radius 3 is 2.36 bits per heavy atom. The number of hydrogen-bond donors (Lipinski definition) is 1. The van der Waals surface area contributed by atoms with Crippen LogP contribution in [0.15, 0.2) is 72.4 Å². The third kappa shape index (κ3) is 4.64. The fraction of sp³-hybridized carbons (Fsp3) is 0.250. The summed E-state index contributed by atoms with van der Waals surface area (Å²) in [6.45, 7) is 1.69. The Labute approximate surface area is 251 Å². The van der Waals surface area contributed by atoms with Gasteiger partial charge in [0.15, 0.2) is 5.03 Å². The predicted octanol–water partition coefficient (Wildman–Crippen LogP) is 4.52. The van der Waals surface area contributed by atoms with Crippen LogP contribution in [-0.2, 0) is 31.6 Å². The average molecular weight is 628 g/mol. The third-order valence-corrected chi connectivity index (χ3v) is 9.94. The molecule has 4 aromatic rings. The van der Waals surface area contributed by atoms with Crippen molar-refractivity contribution in [2.24, 2.45) is 0 Å². The van der Waals surface area contributed by atoms with E-state index in [2.05, 4.69) is 15.0 Å². The number of nitrogens with zero attached hydrogens (tertiary/aromatic N) is 6. The van der Waals surface area contributed by atoms with Crippen molar-refractivity contribution in [1.82, 2.24) is 23.8 Å². The minimum Gasteiger partial charge on any atom is -0.480 e. The largest absolute Gasteiger partial charge is 0.480 e. The van der Waals surface area contributed by atoms with Gasteiger partial charge in [0.1, 0.15) is 17.9 Å². The molecule has 42 heavy (non-hydrogen) atoms. The maximum atomic E-state index is 14.3. The Kier molecular flexibility index (Phi) is 7.04. The molecule has 2 aromatic carbocycles. The van der Waals surface area contributed by atoms with Crippen molar-refractivity contribution in [3.05, 3.63) is 83.0 Å². The minimum atomic E-state index is -4.36. The van der Waals surface area contributed by atoms with Gasteiger partial charge in [-0.25, -0.2) is 28.3 Å². The van der Waals surface area contributed by atoms with E-state index in [4.69, 9.17) is 23.2 Å². The summed E-state index contributed by atoms with van der Waals surface area (Å²) < 4.78 is 30.3. The smallest absolute Gasteiger partial charge is 0.322 e. The summed E-state index contributed by atoms with van der Waals surface area (Å²) in [7, 11) is -4.36. The predicted molar refractivity (Wildman–Crippen MR) is 155 cm³/mol. The van der Waals surface area contributed by atoms with Crippen LogP contribution in [0.2, 0.25) is 10.0 Å². The van der Waals surface area contributed by atoms with Crippen LogP contribution in [0.1, 0.15) is 25.3 Å². The number of carboxylic acid groups (broad SMARTS) is 1. The standard InChI is InChI=1S/C28H24Cl2N6O5S/c1-28(12-17-4-6-18(7-5-17)19-13-31-16-32-14-19)26(39)35(22-10-20(29)9-21(30)11-22)27-33-15-24(36(27)28)42(40,41)34-8-2-3-23(34)25(37)38/h4-7,9-11,13-16,23H,2-3,8,12H2,1H3,(H,37,38)/t23-,28+/m0/s1. The number of rotatable bonds is 7. The molecule has 6 rings (SSSR count). The summed E-state index contributed by atoms with van der Waals surface area (Å²) in [5.41, 5.74) is 1.31. The molecule has 2 aromatic heterocycles. The van der Waals surface area contributed by atoms with Gasteiger partial charge in [-0.2, -0.15) is 4.31 Å². The van der Waals surface area contributed by atoms with Gasteiger partial charge in [0, 0.05) is 41.0 Å². The number of carboxylic acids is 1. The maximum Gasteiger partial charge on any atom is 0.322 e. The zero-order valence-corrected chi connectivity index (χ0v) is 24.5. The van der Waals surface area contributed by atoms with Gasteiger partial charge in [0.2, 0.25) is 5.95 Å². The summed E-state index contributed by atoms with van der Waals surface area (Å²) in [6.07, 6.45) is 6.70. The van der Waals surface area contributed by atoms with Gasteiger partial charge in [0.25, 0.3) is 15.9 Å². The number of carbonyl (C=O) groups excluding carboxylic acids is 1. The highest BCUT2D eigenvalue weighted by atomic mass is 35.5. The number of sulfonamides is 1. The van der Waals surface area contributed by atoms with Gasteiger partial charge < -0.3 is 5.11 Å². The van der Waals surface area contributed by atoms with Crippen LogP contribution in [0.4, 0.5) is 11.6 Å². The van der Waals surface area contributed by atoms with Crippen molar-refractivity contribution in [3.63, 3.8) is 0 Å². The molecular formula is C28H24Cl2N6O5S. The Balaban J connectivity index is 1.47. The molecule has 0 radical (unpaired) electrons. The number of carbonyl (C=O) groups is 2. The monoisotopic (exact) mass is 626 g/mol. The molecule has 0 bridgehead atoms. The normalized spacial score (nSPS) is 20.7. The molecule has 0 spiro atoms. The van der Waals surface area contributed by atoms with Crippen LogP contribution < -0.4 is 4.90 Å². The Bertz CT molecular complexity index is 1800. The van der Waals surface area contributed by atoms with Crippen LogP contribution in [-0.4, -0.2) is 61.8 Å². The van der Waals surface area contributed by atoms with E-state index >= 15 is 0 Å². The lowest BCUT2D eigenvalue weighted by molar-refractivity contribution is -0.140. The molecule has 2 aliphatic heterocycles.